The van der Waals surface area contributed by atoms with Crippen LogP contribution in [0.25, 0.3) is 0 Å². The van der Waals surface area contributed by atoms with E-state index in [0.29, 0.717) is 37.1 Å². The summed E-state index contributed by atoms with van der Waals surface area (Å²) in [6, 6.07) is 0. The van der Waals surface area contributed by atoms with Crippen molar-refractivity contribution in [3.63, 3.8) is 0 Å². The van der Waals surface area contributed by atoms with Crippen molar-refractivity contribution in [3.05, 3.63) is 24.3 Å². The van der Waals surface area contributed by atoms with Gasteiger partial charge in [0.15, 0.2) is 12.1 Å². The first kappa shape index (κ1) is 20.2. The van der Waals surface area contributed by atoms with Crippen LogP contribution in [-0.2, 0) is 16.0 Å². The zero-order valence-electron chi connectivity index (χ0n) is 15.5. The Balaban J connectivity index is 2.58. The van der Waals surface area contributed by atoms with Crippen LogP contribution in [0.4, 0.5) is 5.82 Å². The third-order valence-electron chi connectivity index (χ3n) is 3.37. The fourth-order valence-corrected chi connectivity index (χ4v) is 1.83. The normalized spacial score (nSPS) is 14.9. The molecule has 4 N–H and O–H groups in total. The summed E-state index contributed by atoms with van der Waals surface area (Å²) in [5.41, 5.74) is 12.4. The number of nitrogens with zero attached hydrogens (tertiary/aromatic N) is 3. The van der Waals surface area contributed by atoms with Crippen molar-refractivity contribution in [2.45, 2.75) is 53.9 Å². The van der Waals surface area contributed by atoms with Crippen molar-refractivity contribution in [3.8, 4) is 0 Å². The highest BCUT2D eigenvalue weighted by Gasteiger charge is 2.13. The van der Waals surface area contributed by atoms with Gasteiger partial charge in [0.05, 0.1) is 12.9 Å². The van der Waals surface area contributed by atoms with Gasteiger partial charge in [0.1, 0.15) is 5.84 Å². The fourth-order valence-electron chi connectivity index (χ4n) is 1.83. The van der Waals surface area contributed by atoms with Gasteiger partial charge in [-0.25, -0.2) is 9.98 Å². The molecule has 1 atom stereocenters. The van der Waals surface area contributed by atoms with Crippen molar-refractivity contribution < 1.29 is 9.47 Å². The minimum absolute atomic E-state index is 0.146. The molecule has 24 heavy (non-hydrogen) atoms. The number of aliphatic imine (C=N–C) groups is 1. The molecular formula is C17H31N5O2. The van der Waals surface area contributed by atoms with E-state index in [-0.39, 0.29) is 11.7 Å². The van der Waals surface area contributed by atoms with E-state index in [0.717, 1.165) is 6.42 Å². The van der Waals surface area contributed by atoms with Gasteiger partial charge in [-0.2, -0.15) is 0 Å². The number of imidazole rings is 1. The largest absolute Gasteiger partial charge is 0.401 e. The lowest BCUT2D eigenvalue weighted by molar-refractivity contribution is -0.141. The Morgan fingerprint density at radius 3 is 2.62 bits per heavy atom. The molecule has 0 fully saturated rings. The molecule has 0 saturated carbocycles. The average Bonchev–Trinajstić information content (AvgIpc) is 2.92. The summed E-state index contributed by atoms with van der Waals surface area (Å²) < 4.78 is 13.0. The first-order chi connectivity index (χ1) is 11.3. The Kier molecular flexibility index (Phi) is 7.94. The first-order valence-corrected chi connectivity index (χ1v) is 8.33. The SMILES string of the molecule is CCOC(CC)OCCn1cnc(/N=C(N)/C=C(\N)C(C)(C)C)c1. The molecule has 0 aliphatic rings. The third kappa shape index (κ3) is 7.14. The van der Waals surface area contributed by atoms with Crippen LogP contribution in [0.5, 0.6) is 0 Å². The molecular weight excluding hydrogens is 306 g/mol. The van der Waals surface area contributed by atoms with E-state index in [1.54, 1.807) is 12.4 Å². The highest BCUT2D eigenvalue weighted by atomic mass is 16.7. The lowest BCUT2D eigenvalue weighted by Gasteiger charge is -2.18. The molecule has 136 valence electrons. The van der Waals surface area contributed by atoms with Gasteiger partial charge >= 0.3 is 0 Å². The molecule has 7 heteroatoms. The van der Waals surface area contributed by atoms with Gasteiger partial charge in [-0.15, -0.1) is 0 Å². The molecule has 0 amide bonds. The summed E-state index contributed by atoms with van der Waals surface area (Å²) >= 11 is 0. The van der Waals surface area contributed by atoms with Crippen LogP contribution in [0.15, 0.2) is 29.3 Å². The van der Waals surface area contributed by atoms with Crippen molar-refractivity contribution in [2.24, 2.45) is 21.9 Å². The Hall–Kier alpha value is -1.86. The van der Waals surface area contributed by atoms with E-state index in [9.17, 15) is 0 Å². The maximum Gasteiger partial charge on any atom is 0.172 e. The molecule has 0 saturated heterocycles. The Morgan fingerprint density at radius 2 is 2.04 bits per heavy atom. The number of hydrogen-bond donors (Lipinski definition) is 2. The van der Waals surface area contributed by atoms with Gasteiger partial charge in [-0.3, -0.25) is 0 Å². The molecule has 0 spiro atoms. The highest BCUT2D eigenvalue weighted by Crippen LogP contribution is 2.20. The predicted molar refractivity (Wildman–Crippen MR) is 96.9 cm³/mol. The lowest BCUT2D eigenvalue weighted by atomic mass is 9.92. The van der Waals surface area contributed by atoms with Crippen molar-refractivity contribution in [2.75, 3.05) is 13.2 Å². The minimum atomic E-state index is -0.155. The molecule has 1 heterocycles. The van der Waals surface area contributed by atoms with E-state index in [4.69, 9.17) is 20.9 Å². The van der Waals surface area contributed by atoms with Gasteiger partial charge in [0.2, 0.25) is 0 Å². The lowest BCUT2D eigenvalue weighted by Crippen LogP contribution is -2.20. The quantitative estimate of drug-likeness (QED) is 0.410. The summed E-state index contributed by atoms with van der Waals surface area (Å²) in [6.45, 7) is 11.9. The van der Waals surface area contributed by atoms with Crippen molar-refractivity contribution in [1.29, 1.82) is 0 Å². The van der Waals surface area contributed by atoms with E-state index in [1.165, 1.54) is 0 Å². The predicted octanol–water partition coefficient (Wildman–Crippen LogP) is 2.55. The van der Waals surface area contributed by atoms with Gasteiger partial charge in [0.25, 0.3) is 0 Å². The van der Waals surface area contributed by atoms with E-state index < -0.39 is 0 Å². The standard InChI is InChI=1S/C17H31N5O2/c1-6-16(23-7-2)24-9-8-22-11-15(20-12-22)21-14(19)10-13(18)17(3,4)5/h10-12,16H,6-9,18H2,1-5H3,(H2,19,21)/b13-10-. The smallest absolute Gasteiger partial charge is 0.172 e. The number of allylic oxidation sites excluding steroid dienone is 1. The van der Waals surface area contributed by atoms with Crippen LogP contribution in [0.2, 0.25) is 0 Å². The van der Waals surface area contributed by atoms with E-state index >= 15 is 0 Å². The number of ether oxygens (including phenoxy) is 2. The number of amidine groups is 1. The Morgan fingerprint density at radius 1 is 1.33 bits per heavy atom. The molecule has 0 bridgehead atoms. The molecule has 1 rings (SSSR count). The van der Waals surface area contributed by atoms with Gasteiger partial charge in [0, 0.05) is 30.5 Å². The van der Waals surface area contributed by atoms with Crippen LogP contribution >= 0.6 is 0 Å². The van der Waals surface area contributed by atoms with Gasteiger partial charge in [-0.05, 0) is 19.4 Å². The van der Waals surface area contributed by atoms with E-state index in [2.05, 4.69) is 9.98 Å². The number of hydrogen-bond acceptors (Lipinski definition) is 5. The fraction of sp³-hybridized carbons (Fsp3) is 0.647. The Labute approximate surface area is 144 Å². The monoisotopic (exact) mass is 337 g/mol. The number of rotatable bonds is 9. The molecule has 0 radical (unpaired) electrons. The summed E-state index contributed by atoms with van der Waals surface area (Å²) in [7, 11) is 0. The maximum atomic E-state index is 5.99. The molecule has 0 aliphatic heterocycles. The summed E-state index contributed by atoms with van der Waals surface area (Å²) in [6.07, 6.45) is 5.87. The topological polar surface area (TPSA) is 101 Å². The molecule has 7 nitrogen and oxygen atoms in total. The van der Waals surface area contributed by atoms with Crippen molar-refractivity contribution >= 4 is 11.7 Å². The van der Waals surface area contributed by atoms with E-state index in [1.807, 2.05) is 45.4 Å². The van der Waals surface area contributed by atoms with Crippen LogP contribution < -0.4 is 11.5 Å². The van der Waals surface area contributed by atoms with Crippen LogP contribution in [-0.4, -0.2) is 34.9 Å². The average molecular weight is 337 g/mol. The van der Waals surface area contributed by atoms with Gasteiger partial charge in [-0.1, -0.05) is 27.7 Å². The summed E-state index contributed by atoms with van der Waals surface area (Å²) in [5.74, 6) is 0.883. The first-order valence-electron chi connectivity index (χ1n) is 8.33. The second-order valence-electron chi connectivity index (χ2n) is 6.52. The molecule has 0 aliphatic carbocycles. The summed E-state index contributed by atoms with van der Waals surface area (Å²) in [4.78, 5) is 8.48. The van der Waals surface area contributed by atoms with Crippen LogP contribution in [0.1, 0.15) is 41.0 Å². The second kappa shape index (κ2) is 9.44. The zero-order chi connectivity index (χ0) is 18.2. The number of aromatic nitrogens is 2. The highest BCUT2D eigenvalue weighted by molar-refractivity contribution is 5.93. The number of nitrogens with two attached hydrogens (primary N) is 2. The minimum Gasteiger partial charge on any atom is -0.401 e. The zero-order valence-corrected chi connectivity index (χ0v) is 15.5. The van der Waals surface area contributed by atoms with Gasteiger partial charge < -0.3 is 25.5 Å². The third-order valence-corrected chi connectivity index (χ3v) is 3.37. The molecule has 1 aromatic heterocycles. The molecule has 0 aromatic carbocycles. The Bertz CT molecular complexity index is 558. The summed E-state index contributed by atoms with van der Waals surface area (Å²) in [5, 5.41) is 0. The van der Waals surface area contributed by atoms with Crippen LogP contribution in [0, 0.1) is 5.41 Å². The molecule has 1 aromatic rings. The van der Waals surface area contributed by atoms with Crippen molar-refractivity contribution in [1.82, 2.24) is 9.55 Å². The maximum absolute atomic E-state index is 5.99. The van der Waals surface area contributed by atoms with Crippen LogP contribution in [0.3, 0.4) is 0 Å². The molecule has 1 unspecified atom stereocenters. The second-order valence-corrected chi connectivity index (χ2v) is 6.52.